The monoisotopic (exact) mass is 537 g/mol. The highest BCUT2D eigenvalue weighted by molar-refractivity contribution is 7.99. The standard InChI is InChI=1S/C26H32FN3O2S2.ClH/c1-19-6-7-20(2)25-24(19)28-26(34-25)30(13-4-12-29-14-16-32-17-15-29)23(31)5-3-18-33-22-10-8-21(27)9-11-22;/h6-11H,3-5,12-18H2,1-2H3;1H. The summed E-state index contributed by atoms with van der Waals surface area (Å²) in [6.07, 6.45) is 2.15. The van der Waals surface area contributed by atoms with E-state index in [1.807, 2.05) is 4.90 Å². The third kappa shape index (κ3) is 7.64. The number of fused-ring (bicyclic) bond motifs is 1. The highest BCUT2D eigenvalue weighted by atomic mass is 35.5. The third-order valence-corrected chi connectivity index (χ3v) is 8.35. The largest absolute Gasteiger partial charge is 0.379 e. The zero-order chi connectivity index (χ0) is 23.9. The van der Waals surface area contributed by atoms with Crippen LogP contribution in [0.5, 0.6) is 0 Å². The van der Waals surface area contributed by atoms with Gasteiger partial charge in [-0.25, -0.2) is 9.37 Å². The Hall–Kier alpha value is -1.71. The summed E-state index contributed by atoms with van der Waals surface area (Å²) in [5.41, 5.74) is 3.33. The molecule has 1 fully saturated rings. The molecule has 9 heteroatoms. The van der Waals surface area contributed by atoms with Crippen molar-refractivity contribution in [3.05, 3.63) is 53.3 Å². The Balaban J connectivity index is 0.00000342. The molecule has 1 aliphatic rings. The van der Waals surface area contributed by atoms with Gasteiger partial charge in [0.25, 0.3) is 0 Å². The van der Waals surface area contributed by atoms with Gasteiger partial charge in [0.2, 0.25) is 5.91 Å². The van der Waals surface area contributed by atoms with Crippen LogP contribution in [0, 0.1) is 19.7 Å². The van der Waals surface area contributed by atoms with Gasteiger partial charge in [-0.2, -0.15) is 0 Å². The van der Waals surface area contributed by atoms with E-state index in [9.17, 15) is 9.18 Å². The summed E-state index contributed by atoms with van der Waals surface area (Å²) in [6, 6.07) is 10.7. The molecule has 35 heavy (non-hydrogen) atoms. The van der Waals surface area contributed by atoms with Crippen LogP contribution >= 0.6 is 35.5 Å². The second kappa shape index (κ2) is 13.6. The summed E-state index contributed by atoms with van der Waals surface area (Å²) in [5, 5.41) is 0.797. The van der Waals surface area contributed by atoms with Crippen LogP contribution in [-0.4, -0.2) is 60.9 Å². The molecule has 0 aliphatic carbocycles. The lowest BCUT2D eigenvalue weighted by Gasteiger charge is -2.27. The van der Waals surface area contributed by atoms with Crippen LogP contribution in [0.3, 0.4) is 0 Å². The van der Waals surface area contributed by atoms with Gasteiger partial charge >= 0.3 is 0 Å². The number of aryl methyl sites for hydroxylation is 2. The van der Waals surface area contributed by atoms with E-state index in [2.05, 4.69) is 30.9 Å². The first-order chi connectivity index (χ1) is 16.5. The average molecular weight is 538 g/mol. The molecule has 1 saturated heterocycles. The Morgan fingerprint density at radius 1 is 1.11 bits per heavy atom. The number of thioether (sulfide) groups is 1. The van der Waals surface area contributed by atoms with Crippen LogP contribution < -0.4 is 4.90 Å². The maximum absolute atomic E-state index is 13.3. The van der Waals surface area contributed by atoms with Crippen molar-refractivity contribution in [1.29, 1.82) is 0 Å². The van der Waals surface area contributed by atoms with E-state index < -0.39 is 0 Å². The second-order valence-electron chi connectivity index (χ2n) is 8.63. The van der Waals surface area contributed by atoms with E-state index in [1.54, 1.807) is 35.2 Å². The SMILES string of the molecule is Cc1ccc(C)c2sc(N(CCCN3CCOCC3)C(=O)CCCSc3ccc(F)cc3)nc12.Cl. The topological polar surface area (TPSA) is 45.7 Å². The van der Waals surface area contributed by atoms with Gasteiger partial charge in [0, 0.05) is 37.5 Å². The molecular weight excluding hydrogens is 505 g/mol. The second-order valence-corrected chi connectivity index (χ2v) is 10.8. The van der Waals surface area contributed by atoms with Crippen LogP contribution in [0.15, 0.2) is 41.3 Å². The number of aromatic nitrogens is 1. The Morgan fingerprint density at radius 3 is 2.54 bits per heavy atom. The number of benzene rings is 2. The van der Waals surface area contributed by atoms with Crippen molar-refractivity contribution in [1.82, 2.24) is 9.88 Å². The van der Waals surface area contributed by atoms with Gasteiger partial charge in [-0.3, -0.25) is 14.6 Å². The summed E-state index contributed by atoms with van der Waals surface area (Å²) in [6.45, 7) is 9.26. The molecule has 0 atom stereocenters. The van der Waals surface area contributed by atoms with Crippen molar-refractivity contribution in [2.24, 2.45) is 0 Å². The fraction of sp³-hybridized carbons (Fsp3) is 0.462. The lowest BCUT2D eigenvalue weighted by atomic mass is 10.1. The van der Waals surface area contributed by atoms with E-state index in [0.717, 1.165) is 77.2 Å². The molecular formula is C26H33ClFN3O2S2. The lowest BCUT2D eigenvalue weighted by Crippen LogP contribution is -2.39. The van der Waals surface area contributed by atoms with Gasteiger partial charge in [0.05, 0.1) is 23.4 Å². The summed E-state index contributed by atoms with van der Waals surface area (Å²) in [4.78, 5) is 23.5. The van der Waals surface area contributed by atoms with Gasteiger partial charge in [0.15, 0.2) is 5.13 Å². The Bertz CT molecular complexity index is 1060. The van der Waals surface area contributed by atoms with Crippen molar-refractivity contribution in [2.45, 2.75) is 38.0 Å². The number of halogens is 2. The smallest absolute Gasteiger partial charge is 0.228 e. The van der Waals surface area contributed by atoms with E-state index in [-0.39, 0.29) is 24.1 Å². The minimum Gasteiger partial charge on any atom is -0.379 e. The van der Waals surface area contributed by atoms with Crippen molar-refractivity contribution >= 4 is 56.8 Å². The number of carbonyl (C=O) groups is 1. The summed E-state index contributed by atoms with van der Waals surface area (Å²) in [7, 11) is 0. The van der Waals surface area contributed by atoms with E-state index in [4.69, 9.17) is 9.72 Å². The third-order valence-electron chi connectivity index (χ3n) is 6.04. The normalized spacial score (nSPS) is 14.1. The number of anilines is 1. The van der Waals surface area contributed by atoms with Crippen LogP contribution in [0.4, 0.5) is 9.52 Å². The highest BCUT2D eigenvalue weighted by Gasteiger charge is 2.21. The zero-order valence-electron chi connectivity index (χ0n) is 20.3. The fourth-order valence-corrected chi connectivity index (χ4v) is 6.05. The molecule has 2 aromatic carbocycles. The molecule has 0 N–H and O–H groups in total. The minimum absolute atomic E-state index is 0. The van der Waals surface area contributed by atoms with Gasteiger partial charge in [0.1, 0.15) is 5.82 Å². The maximum Gasteiger partial charge on any atom is 0.228 e. The molecule has 190 valence electrons. The van der Waals surface area contributed by atoms with Crippen molar-refractivity contribution in [3.8, 4) is 0 Å². The van der Waals surface area contributed by atoms with E-state index in [1.165, 1.54) is 17.7 Å². The van der Waals surface area contributed by atoms with Crippen LogP contribution in [0.2, 0.25) is 0 Å². The van der Waals surface area contributed by atoms with Gasteiger partial charge in [-0.1, -0.05) is 23.5 Å². The van der Waals surface area contributed by atoms with Gasteiger partial charge in [-0.15, -0.1) is 24.2 Å². The predicted octanol–water partition coefficient (Wildman–Crippen LogP) is 6.10. The maximum atomic E-state index is 13.3. The first-order valence-corrected chi connectivity index (χ1v) is 13.7. The van der Waals surface area contributed by atoms with Crippen molar-refractivity contribution in [3.63, 3.8) is 0 Å². The van der Waals surface area contributed by atoms with Gasteiger partial charge < -0.3 is 4.74 Å². The molecule has 0 spiro atoms. The van der Waals surface area contributed by atoms with Crippen LogP contribution in [0.25, 0.3) is 10.2 Å². The fourth-order valence-electron chi connectivity index (χ4n) is 4.05. The molecule has 1 aliphatic heterocycles. The van der Waals surface area contributed by atoms with Crippen LogP contribution in [-0.2, 0) is 9.53 Å². The molecule has 3 aromatic rings. The average Bonchev–Trinajstić information content (AvgIpc) is 3.30. The number of carbonyl (C=O) groups excluding carboxylic acids is 1. The predicted molar refractivity (Wildman–Crippen MR) is 147 cm³/mol. The number of morpholine rings is 1. The Kier molecular flexibility index (Phi) is 10.8. The van der Waals surface area contributed by atoms with E-state index >= 15 is 0 Å². The number of hydrogen-bond donors (Lipinski definition) is 0. The summed E-state index contributed by atoms with van der Waals surface area (Å²) < 4.78 is 19.7. The Labute approximate surface area is 221 Å². The summed E-state index contributed by atoms with van der Waals surface area (Å²) >= 11 is 3.27. The number of hydrogen-bond acceptors (Lipinski definition) is 6. The van der Waals surface area contributed by atoms with E-state index in [0.29, 0.717) is 13.0 Å². The number of nitrogens with zero attached hydrogens (tertiary/aromatic N) is 3. The molecule has 4 rings (SSSR count). The molecule has 0 saturated carbocycles. The minimum atomic E-state index is -0.228. The summed E-state index contributed by atoms with van der Waals surface area (Å²) in [5.74, 6) is 0.710. The molecule has 1 aromatic heterocycles. The Morgan fingerprint density at radius 2 is 1.83 bits per heavy atom. The highest BCUT2D eigenvalue weighted by Crippen LogP contribution is 2.33. The first kappa shape index (κ1) is 27.9. The number of thiazole rings is 1. The number of ether oxygens (including phenoxy) is 1. The van der Waals surface area contributed by atoms with Crippen LogP contribution in [0.1, 0.15) is 30.4 Å². The van der Waals surface area contributed by atoms with Crippen molar-refractivity contribution in [2.75, 3.05) is 50.0 Å². The molecule has 1 amide bonds. The zero-order valence-corrected chi connectivity index (χ0v) is 22.7. The molecule has 0 radical (unpaired) electrons. The number of amides is 1. The lowest BCUT2D eigenvalue weighted by molar-refractivity contribution is -0.118. The molecule has 5 nitrogen and oxygen atoms in total. The number of rotatable bonds is 10. The molecule has 2 heterocycles. The molecule has 0 bridgehead atoms. The van der Waals surface area contributed by atoms with Gasteiger partial charge in [-0.05, 0) is 67.8 Å². The van der Waals surface area contributed by atoms with Crippen molar-refractivity contribution < 1.29 is 13.9 Å². The quantitative estimate of drug-likeness (QED) is 0.231. The molecule has 0 unspecified atom stereocenters. The first-order valence-electron chi connectivity index (χ1n) is 11.9.